The summed E-state index contributed by atoms with van der Waals surface area (Å²) in [6.45, 7) is 1.08. The monoisotopic (exact) mass is 162 g/mol. The first kappa shape index (κ1) is 9.94. The van der Waals surface area contributed by atoms with Crippen LogP contribution in [-0.4, -0.2) is 43.0 Å². The number of rotatable bonds is 4. The van der Waals surface area contributed by atoms with Gasteiger partial charge in [-0.15, -0.1) is 0 Å². The van der Waals surface area contributed by atoms with Crippen LogP contribution in [0.5, 0.6) is 0 Å². The molecule has 0 aliphatic rings. The molecule has 60 valence electrons. The van der Waals surface area contributed by atoms with Gasteiger partial charge in [0.2, 0.25) is 5.12 Å². The summed E-state index contributed by atoms with van der Waals surface area (Å²) in [7, 11) is 3.75. The highest BCUT2D eigenvalue weighted by atomic mass is 32.2. The first-order chi connectivity index (χ1) is 4.66. The van der Waals surface area contributed by atoms with Gasteiger partial charge < -0.3 is 10.6 Å². The Kier molecular flexibility index (Phi) is 5.67. The lowest BCUT2D eigenvalue weighted by molar-refractivity contribution is -0.111. The van der Waals surface area contributed by atoms with E-state index in [0.717, 1.165) is 5.75 Å². The number of hydrogen-bond acceptors (Lipinski definition) is 4. The molecule has 10 heavy (non-hydrogen) atoms. The highest BCUT2D eigenvalue weighted by molar-refractivity contribution is 8.13. The van der Waals surface area contributed by atoms with Crippen LogP contribution in [0.15, 0.2) is 0 Å². The summed E-state index contributed by atoms with van der Waals surface area (Å²) >= 11 is 1.30. The van der Waals surface area contributed by atoms with E-state index in [4.69, 9.17) is 5.73 Å². The third kappa shape index (κ3) is 6.07. The van der Waals surface area contributed by atoms with Crippen LogP contribution < -0.4 is 5.73 Å². The molecule has 0 radical (unpaired) electrons. The van der Waals surface area contributed by atoms with E-state index in [0.29, 0.717) is 13.1 Å². The number of carbonyl (C=O) groups is 1. The predicted octanol–water partition coefficient (Wildman–Crippen LogP) is -0.233. The lowest BCUT2D eigenvalue weighted by Gasteiger charge is -2.06. The summed E-state index contributed by atoms with van der Waals surface area (Å²) in [4.78, 5) is 12.7. The van der Waals surface area contributed by atoms with E-state index in [1.165, 1.54) is 11.8 Å². The fourth-order valence-electron chi connectivity index (χ4n) is 0.477. The van der Waals surface area contributed by atoms with E-state index in [9.17, 15) is 4.79 Å². The van der Waals surface area contributed by atoms with E-state index in [-0.39, 0.29) is 5.12 Å². The van der Waals surface area contributed by atoms with Crippen molar-refractivity contribution in [3.63, 3.8) is 0 Å². The minimum Gasteiger partial charge on any atom is -0.330 e. The average molecular weight is 162 g/mol. The Bertz CT molecular complexity index is 106. The average Bonchev–Trinajstić information content (AvgIpc) is 1.82. The second-order valence-corrected chi connectivity index (χ2v) is 3.40. The van der Waals surface area contributed by atoms with E-state index in [2.05, 4.69) is 0 Å². The zero-order valence-electron chi connectivity index (χ0n) is 6.46. The Balaban J connectivity index is 3.26. The second-order valence-electron chi connectivity index (χ2n) is 2.25. The van der Waals surface area contributed by atoms with Crippen molar-refractivity contribution in [1.29, 1.82) is 0 Å². The molecule has 0 rings (SSSR count). The fraction of sp³-hybridized carbons (Fsp3) is 0.833. The van der Waals surface area contributed by atoms with Gasteiger partial charge in [0, 0.05) is 12.3 Å². The second kappa shape index (κ2) is 5.70. The maximum atomic E-state index is 10.9. The molecule has 0 amide bonds. The molecule has 0 unspecified atom stereocenters. The maximum Gasteiger partial charge on any atom is 0.202 e. The number of carbonyl (C=O) groups excluding carboxylic acids is 1. The molecule has 0 saturated heterocycles. The first-order valence-electron chi connectivity index (χ1n) is 3.17. The molecule has 0 bridgehead atoms. The van der Waals surface area contributed by atoms with Gasteiger partial charge in [0.05, 0.1) is 6.54 Å². The highest BCUT2D eigenvalue weighted by Gasteiger charge is 2.01. The van der Waals surface area contributed by atoms with Gasteiger partial charge in [-0.25, -0.2) is 0 Å². The van der Waals surface area contributed by atoms with Gasteiger partial charge in [0.15, 0.2) is 0 Å². The fourth-order valence-corrected chi connectivity index (χ4v) is 1.17. The molecule has 0 aliphatic heterocycles. The van der Waals surface area contributed by atoms with Crippen LogP contribution >= 0.6 is 11.8 Å². The standard InChI is InChI=1S/C6H14N2OS/c1-8(2)5-6(9)10-4-3-7/h3-5,7H2,1-2H3. The van der Waals surface area contributed by atoms with Gasteiger partial charge in [-0.1, -0.05) is 11.8 Å². The summed E-state index contributed by atoms with van der Waals surface area (Å²) in [5, 5.41) is 0.190. The SMILES string of the molecule is CN(C)CC(=O)SCCN. The van der Waals surface area contributed by atoms with Crippen molar-refractivity contribution in [2.45, 2.75) is 0 Å². The Morgan fingerprint density at radius 3 is 2.60 bits per heavy atom. The van der Waals surface area contributed by atoms with Crippen molar-refractivity contribution in [2.75, 3.05) is 32.9 Å². The molecular formula is C6H14N2OS. The van der Waals surface area contributed by atoms with E-state index in [1.54, 1.807) is 0 Å². The van der Waals surface area contributed by atoms with E-state index >= 15 is 0 Å². The molecule has 0 atom stereocenters. The van der Waals surface area contributed by atoms with Gasteiger partial charge in [-0.3, -0.25) is 4.79 Å². The molecule has 4 heteroatoms. The minimum atomic E-state index is 0.190. The van der Waals surface area contributed by atoms with Crippen LogP contribution in [0.4, 0.5) is 0 Å². The van der Waals surface area contributed by atoms with E-state index < -0.39 is 0 Å². The Morgan fingerprint density at radius 1 is 1.60 bits per heavy atom. The third-order valence-electron chi connectivity index (χ3n) is 0.826. The number of nitrogens with zero attached hydrogens (tertiary/aromatic N) is 1. The summed E-state index contributed by atoms with van der Waals surface area (Å²) < 4.78 is 0. The zero-order valence-corrected chi connectivity index (χ0v) is 7.28. The molecule has 0 aromatic heterocycles. The molecule has 0 aromatic carbocycles. The quantitative estimate of drug-likeness (QED) is 0.620. The number of likely N-dealkylation sites (N-methyl/N-ethyl adjacent to an activating group) is 1. The number of nitrogens with two attached hydrogens (primary N) is 1. The Morgan fingerprint density at radius 2 is 2.20 bits per heavy atom. The van der Waals surface area contributed by atoms with Crippen LogP contribution in [0.25, 0.3) is 0 Å². The van der Waals surface area contributed by atoms with Crippen molar-refractivity contribution in [2.24, 2.45) is 5.73 Å². The van der Waals surface area contributed by atoms with Crippen LogP contribution in [0.1, 0.15) is 0 Å². The normalized spacial score (nSPS) is 10.4. The molecule has 0 fully saturated rings. The smallest absolute Gasteiger partial charge is 0.202 e. The lowest BCUT2D eigenvalue weighted by Crippen LogP contribution is -2.20. The topological polar surface area (TPSA) is 46.3 Å². The maximum absolute atomic E-state index is 10.9. The molecule has 0 aliphatic carbocycles. The number of hydrogen-bond donors (Lipinski definition) is 1. The predicted molar refractivity (Wildman–Crippen MR) is 45.1 cm³/mol. The molecule has 0 heterocycles. The van der Waals surface area contributed by atoms with Crippen molar-refractivity contribution in [1.82, 2.24) is 4.90 Å². The van der Waals surface area contributed by atoms with Crippen LogP contribution in [-0.2, 0) is 4.79 Å². The molecule has 0 spiro atoms. The molecule has 0 aromatic rings. The van der Waals surface area contributed by atoms with Gasteiger partial charge in [-0.2, -0.15) is 0 Å². The lowest BCUT2D eigenvalue weighted by atomic mass is 10.7. The minimum absolute atomic E-state index is 0.190. The molecule has 0 saturated carbocycles. The van der Waals surface area contributed by atoms with Crippen molar-refractivity contribution in [3.05, 3.63) is 0 Å². The number of thioether (sulfide) groups is 1. The Hall–Kier alpha value is -0.0600. The van der Waals surface area contributed by atoms with Crippen molar-refractivity contribution >= 4 is 16.9 Å². The summed E-state index contributed by atoms with van der Waals surface area (Å²) in [6.07, 6.45) is 0. The van der Waals surface area contributed by atoms with Crippen LogP contribution in [0.3, 0.4) is 0 Å². The third-order valence-corrected chi connectivity index (χ3v) is 1.72. The Labute approximate surface area is 65.9 Å². The van der Waals surface area contributed by atoms with Gasteiger partial charge in [-0.05, 0) is 14.1 Å². The van der Waals surface area contributed by atoms with E-state index in [1.807, 2.05) is 19.0 Å². The van der Waals surface area contributed by atoms with Crippen LogP contribution in [0, 0.1) is 0 Å². The molecule has 3 nitrogen and oxygen atoms in total. The first-order valence-corrected chi connectivity index (χ1v) is 4.15. The van der Waals surface area contributed by atoms with Crippen molar-refractivity contribution in [3.8, 4) is 0 Å². The summed E-state index contributed by atoms with van der Waals surface area (Å²) in [6, 6.07) is 0. The summed E-state index contributed by atoms with van der Waals surface area (Å²) in [5.41, 5.74) is 5.22. The van der Waals surface area contributed by atoms with Crippen LogP contribution in [0.2, 0.25) is 0 Å². The van der Waals surface area contributed by atoms with Gasteiger partial charge in [0.25, 0.3) is 0 Å². The van der Waals surface area contributed by atoms with Gasteiger partial charge >= 0.3 is 0 Å². The molecular weight excluding hydrogens is 148 g/mol. The van der Waals surface area contributed by atoms with Gasteiger partial charge in [0.1, 0.15) is 0 Å². The summed E-state index contributed by atoms with van der Waals surface area (Å²) in [5.74, 6) is 0.729. The zero-order chi connectivity index (χ0) is 7.98. The van der Waals surface area contributed by atoms with Crippen molar-refractivity contribution < 1.29 is 4.79 Å². The largest absolute Gasteiger partial charge is 0.330 e. The molecule has 2 N–H and O–H groups in total. The highest BCUT2D eigenvalue weighted by Crippen LogP contribution is 1.99.